The molecule has 6 nitrogen and oxygen atoms in total. The second-order valence-corrected chi connectivity index (χ2v) is 8.62. The van der Waals surface area contributed by atoms with Crippen molar-refractivity contribution in [3.05, 3.63) is 12.2 Å². The van der Waals surface area contributed by atoms with Gasteiger partial charge in [-0.2, -0.15) is 0 Å². The average molecular weight is 348 g/mol. The maximum atomic E-state index is 13.2. The molecule has 2 spiro atoms. The van der Waals surface area contributed by atoms with Crippen LogP contribution < -0.4 is 0 Å². The minimum atomic E-state index is -1.88. The number of ether oxygens (including phenoxy) is 3. The van der Waals surface area contributed by atoms with Gasteiger partial charge in [-0.3, -0.25) is 4.79 Å². The summed E-state index contributed by atoms with van der Waals surface area (Å²) in [7, 11) is 0. The van der Waals surface area contributed by atoms with Crippen LogP contribution >= 0.6 is 0 Å². The maximum Gasteiger partial charge on any atom is 0.351 e. The number of carbonyl (C=O) groups excluding carboxylic acids is 3. The number of esters is 2. The van der Waals surface area contributed by atoms with E-state index >= 15 is 0 Å². The van der Waals surface area contributed by atoms with E-state index in [4.69, 9.17) is 14.2 Å². The Balaban J connectivity index is 1.89. The quantitative estimate of drug-likeness (QED) is 0.534. The fraction of sp³-hybridized carbons (Fsp3) is 0.737. The number of fused-ring (bicyclic) bond motifs is 3. The number of ketones is 1. The summed E-state index contributed by atoms with van der Waals surface area (Å²) >= 11 is 0. The molecule has 136 valence electrons. The van der Waals surface area contributed by atoms with Gasteiger partial charge in [0.1, 0.15) is 5.60 Å². The first-order chi connectivity index (χ1) is 11.7. The predicted molar refractivity (Wildman–Crippen MR) is 86.6 cm³/mol. The third-order valence-electron chi connectivity index (χ3n) is 5.99. The Morgan fingerprint density at radius 3 is 2.64 bits per heavy atom. The van der Waals surface area contributed by atoms with Gasteiger partial charge in [0.25, 0.3) is 5.60 Å². The summed E-state index contributed by atoms with van der Waals surface area (Å²) in [6, 6.07) is 0. The Labute approximate surface area is 146 Å². The summed E-state index contributed by atoms with van der Waals surface area (Å²) in [5, 5.41) is 0. The van der Waals surface area contributed by atoms with Crippen LogP contribution in [0.1, 0.15) is 59.3 Å². The molecule has 3 heterocycles. The number of Topliss-reactive ketones (excluding diaryl/α,β-unsaturated/α-hetero) is 1. The molecule has 0 radical (unpaired) electrons. The van der Waals surface area contributed by atoms with Gasteiger partial charge < -0.3 is 14.2 Å². The van der Waals surface area contributed by atoms with Crippen molar-refractivity contribution < 1.29 is 28.6 Å². The van der Waals surface area contributed by atoms with Gasteiger partial charge in [-0.15, -0.1) is 0 Å². The van der Waals surface area contributed by atoms with Crippen LogP contribution in [0, 0.1) is 5.92 Å². The van der Waals surface area contributed by atoms with Crippen molar-refractivity contribution in [3.63, 3.8) is 0 Å². The van der Waals surface area contributed by atoms with Crippen molar-refractivity contribution in [2.45, 2.75) is 81.7 Å². The first kappa shape index (κ1) is 16.8. The first-order valence-electron chi connectivity index (χ1n) is 9.04. The molecule has 1 saturated carbocycles. The molecule has 0 aromatic carbocycles. The van der Waals surface area contributed by atoms with Gasteiger partial charge in [-0.1, -0.05) is 12.8 Å². The number of hydrogen-bond donors (Lipinski definition) is 0. The fourth-order valence-corrected chi connectivity index (χ4v) is 5.16. The van der Waals surface area contributed by atoms with Crippen molar-refractivity contribution in [2.24, 2.45) is 5.92 Å². The molecule has 4 rings (SSSR count). The summed E-state index contributed by atoms with van der Waals surface area (Å²) < 4.78 is 17.6. The summed E-state index contributed by atoms with van der Waals surface area (Å²) in [6.07, 6.45) is 7.16. The largest absolute Gasteiger partial charge is 0.457 e. The first-order valence-corrected chi connectivity index (χ1v) is 9.04. The van der Waals surface area contributed by atoms with Crippen LogP contribution in [0.15, 0.2) is 12.2 Å². The molecule has 2 bridgehead atoms. The Kier molecular flexibility index (Phi) is 3.31. The lowest BCUT2D eigenvalue weighted by molar-refractivity contribution is -0.214. The predicted octanol–water partition coefficient (Wildman–Crippen LogP) is 2.24. The standard InChI is InChI=1S/C19H24O6/c1-16(2,3)24-15(22)19-13(20)7-10-17(25-19)9-5-4-6-12(17)18(19)11-8-14(21)23-18/h8,11-12H,4-7,9-10H2,1-3H3/t12-,17+,18-,19+/m1/s1. The molecule has 0 N–H and O–H groups in total. The van der Waals surface area contributed by atoms with E-state index in [2.05, 4.69) is 0 Å². The van der Waals surface area contributed by atoms with E-state index in [0.717, 1.165) is 25.7 Å². The molecule has 6 heteroatoms. The van der Waals surface area contributed by atoms with Gasteiger partial charge in [0, 0.05) is 18.4 Å². The number of hydrogen-bond acceptors (Lipinski definition) is 6. The highest BCUT2D eigenvalue weighted by Gasteiger charge is 2.81. The Morgan fingerprint density at radius 2 is 2.00 bits per heavy atom. The minimum Gasteiger partial charge on any atom is -0.457 e. The van der Waals surface area contributed by atoms with Gasteiger partial charge >= 0.3 is 11.9 Å². The topological polar surface area (TPSA) is 78.9 Å². The van der Waals surface area contributed by atoms with E-state index in [1.165, 1.54) is 6.08 Å². The van der Waals surface area contributed by atoms with Crippen molar-refractivity contribution in [2.75, 3.05) is 0 Å². The van der Waals surface area contributed by atoms with Gasteiger partial charge in [0.15, 0.2) is 11.4 Å². The second kappa shape index (κ2) is 4.93. The lowest BCUT2D eigenvalue weighted by Crippen LogP contribution is -2.65. The SMILES string of the molecule is CC(C)(C)OC(=O)[C@]12O[C@@]3(CCCC[C@H]3[C@]13C=CC(=O)O3)CCC2=O. The van der Waals surface area contributed by atoms with Crippen LogP contribution in [0.3, 0.4) is 0 Å². The Bertz CT molecular complexity index is 689. The molecule has 0 aromatic rings. The molecular weight excluding hydrogens is 324 g/mol. The van der Waals surface area contributed by atoms with E-state index in [9.17, 15) is 14.4 Å². The van der Waals surface area contributed by atoms with Crippen molar-refractivity contribution in [1.82, 2.24) is 0 Å². The Hall–Kier alpha value is -1.69. The van der Waals surface area contributed by atoms with Crippen LogP contribution in [0.5, 0.6) is 0 Å². The zero-order chi connectivity index (χ0) is 18.1. The zero-order valence-corrected chi connectivity index (χ0v) is 14.9. The molecular formula is C19H24O6. The van der Waals surface area contributed by atoms with Crippen molar-refractivity contribution >= 4 is 17.7 Å². The minimum absolute atomic E-state index is 0.199. The molecule has 0 aromatic heterocycles. The molecule has 4 atom stereocenters. The van der Waals surface area contributed by atoms with Crippen LogP contribution in [0.2, 0.25) is 0 Å². The summed E-state index contributed by atoms with van der Waals surface area (Å²) in [4.78, 5) is 38.3. The van der Waals surface area contributed by atoms with Gasteiger partial charge in [-0.05, 0) is 46.1 Å². The summed E-state index contributed by atoms with van der Waals surface area (Å²) in [5.74, 6) is -1.82. The lowest BCUT2D eigenvalue weighted by Gasteiger charge is -2.41. The Morgan fingerprint density at radius 1 is 1.24 bits per heavy atom. The zero-order valence-electron chi connectivity index (χ0n) is 14.9. The fourth-order valence-electron chi connectivity index (χ4n) is 5.16. The van der Waals surface area contributed by atoms with Gasteiger partial charge in [0.2, 0.25) is 0 Å². The summed E-state index contributed by atoms with van der Waals surface area (Å²) in [5.41, 5.74) is -4.63. The van der Waals surface area contributed by atoms with Gasteiger partial charge in [-0.25, -0.2) is 9.59 Å². The average Bonchev–Trinajstić information content (AvgIpc) is 3.00. The molecule has 3 fully saturated rings. The van der Waals surface area contributed by atoms with Crippen molar-refractivity contribution in [1.29, 1.82) is 0 Å². The van der Waals surface area contributed by atoms with E-state index < -0.39 is 34.3 Å². The van der Waals surface area contributed by atoms with E-state index in [1.807, 2.05) is 0 Å². The number of carbonyl (C=O) groups is 3. The lowest BCUT2D eigenvalue weighted by atomic mass is 9.66. The van der Waals surface area contributed by atoms with E-state index in [-0.39, 0.29) is 18.1 Å². The van der Waals surface area contributed by atoms with E-state index in [1.54, 1.807) is 26.8 Å². The molecule has 0 unspecified atom stereocenters. The molecule has 1 aliphatic carbocycles. The third-order valence-corrected chi connectivity index (χ3v) is 5.99. The smallest absolute Gasteiger partial charge is 0.351 e. The highest BCUT2D eigenvalue weighted by molar-refractivity contribution is 6.11. The summed E-state index contributed by atoms with van der Waals surface area (Å²) in [6.45, 7) is 5.24. The van der Waals surface area contributed by atoms with Crippen LogP contribution in [0.4, 0.5) is 0 Å². The monoisotopic (exact) mass is 348 g/mol. The number of rotatable bonds is 1. The molecule has 25 heavy (non-hydrogen) atoms. The molecule has 3 aliphatic heterocycles. The van der Waals surface area contributed by atoms with Gasteiger partial charge in [0.05, 0.1) is 5.60 Å². The highest BCUT2D eigenvalue weighted by Crippen LogP contribution is 2.64. The molecule has 4 aliphatic rings. The van der Waals surface area contributed by atoms with Crippen LogP contribution in [0.25, 0.3) is 0 Å². The van der Waals surface area contributed by atoms with E-state index in [0.29, 0.717) is 6.42 Å². The third kappa shape index (κ3) is 2.03. The maximum absolute atomic E-state index is 13.2. The van der Waals surface area contributed by atoms with Crippen molar-refractivity contribution in [3.8, 4) is 0 Å². The highest BCUT2D eigenvalue weighted by atomic mass is 16.6. The molecule has 2 saturated heterocycles. The molecule has 0 amide bonds. The van der Waals surface area contributed by atoms with Crippen LogP contribution in [-0.2, 0) is 28.6 Å². The normalized spacial score (nSPS) is 42.4. The van der Waals surface area contributed by atoms with Crippen LogP contribution in [-0.4, -0.2) is 40.1 Å². The second-order valence-electron chi connectivity index (χ2n) is 8.62.